The quantitative estimate of drug-likeness (QED) is 0.579. The van der Waals surface area contributed by atoms with Gasteiger partial charge in [-0.1, -0.05) is 35.4 Å². The van der Waals surface area contributed by atoms with Crippen molar-refractivity contribution in [3.8, 4) is 0 Å². The standard InChI is InChI=1S/C19H25N5O6/c1-19(2,3)30-18(27)21-13(10-12-8-6-5-7-9-12)15-23-24-17(29-15)22-16(26)20-11-14(25)28-4/h5-9,13H,10-11H2,1-4H3,(H,21,27)(H2,20,22,24,26)/t13-/m0/s1. The molecule has 1 aromatic carbocycles. The van der Waals surface area contributed by atoms with Crippen LogP contribution in [0.2, 0.25) is 0 Å². The van der Waals surface area contributed by atoms with Gasteiger partial charge in [-0.15, -0.1) is 5.10 Å². The zero-order valence-electron chi connectivity index (χ0n) is 17.2. The van der Waals surface area contributed by atoms with Gasteiger partial charge in [0.25, 0.3) is 0 Å². The van der Waals surface area contributed by atoms with Gasteiger partial charge < -0.3 is 24.5 Å². The van der Waals surface area contributed by atoms with Crippen molar-refractivity contribution in [3.63, 3.8) is 0 Å². The molecule has 30 heavy (non-hydrogen) atoms. The van der Waals surface area contributed by atoms with E-state index < -0.39 is 29.7 Å². The van der Waals surface area contributed by atoms with Gasteiger partial charge in [0, 0.05) is 6.42 Å². The Morgan fingerprint density at radius 3 is 2.47 bits per heavy atom. The third-order valence-corrected chi connectivity index (χ3v) is 3.55. The second kappa shape index (κ2) is 10.2. The molecule has 0 bridgehead atoms. The minimum atomic E-state index is -0.727. The number of benzene rings is 1. The van der Waals surface area contributed by atoms with Crippen molar-refractivity contribution in [1.29, 1.82) is 0 Å². The molecule has 1 aromatic heterocycles. The van der Waals surface area contributed by atoms with Gasteiger partial charge in [0.05, 0.1) is 7.11 Å². The lowest BCUT2D eigenvalue weighted by molar-refractivity contribution is -0.139. The van der Waals surface area contributed by atoms with Crippen LogP contribution >= 0.6 is 0 Å². The molecule has 2 aromatic rings. The zero-order valence-corrected chi connectivity index (χ0v) is 17.2. The molecule has 0 saturated heterocycles. The van der Waals surface area contributed by atoms with Crippen molar-refractivity contribution in [1.82, 2.24) is 20.8 Å². The molecule has 0 aliphatic heterocycles. The lowest BCUT2D eigenvalue weighted by Gasteiger charge is -2.22. The Kier molecular flexibility index (Phi) is 7.73. The maximum Gasteiger partial charge on any atom is 0.408 e. The maximum absolute atomic E-state index is 12.2. The van der Waals surface area contributed by atoms with Crippen LogP contribution in [0.25, 0.3) is 0 Å². The number of rotatable bonds is 7. The molecule has 0 radical (unpaired) electrons. The number of carbonyl (C=O) groups excluding carboxylic acids is 3. The Morgan fingerprint density at radius 1 is 1.13 bits per heavy atom. The summed E-state index contributed by atoms with van der Waals surface area (Å²) >= 11 is 0. The second-order valence-electron chi connectivity index (χ2n) is 7.22. The van der Waals surface area contributed by atoms with Gasteiger partial charge in [-0.25, -0.2) is 9.59 Å². The summed E-state index contributed by atoms with van der Waals surface area (Å²) in [6, 6.07) is 7.77. The highest BCUT2D eigenvalue weighted by atomic mass is 16.6. The SMILES string of the molecule is COC(=O)CNC(=O)Nc1nnc([C@H](Cc2ccccc2)NC(=O)OC(C)(C)C)o1. The fraction of sp³-hybridized carbons (Fsp3) is 0.421. The van der Waals surface area contributed by atoms with Crippen LogP contribution in [-0.2, 0) is 20.7 Å². The minimum Gasteiger partial charge on any atom is -0.468 e. The lowest BCUT2D eigenvalue weighted by Crippen LogP contribution is -2.36. The zero-order chi connectivity index (χ0) is 22.1. The highest BCUT2D eigenvalue weighted by Crippen LogP contribution is 2.20. The molecule has 11 nitrogen and oxygen atoms in total. The second-order valence-corrected chi connectivity index (χ2v) is 7.22. The molecule has 0 saturated carbocycles. The Balaban J connectivity index is 2.09. The van der Waals surface area contributed by atoms with Crippen LogP contribution in [0.5, 0.6) is 0 Å². The largest absolute Gasteiger partial charge is 0.468 e. The molecule has 2 rings (SSSR count). The van der Waals surface area contributed by atoms with E-state index in [4.69, 9.17) is 9.15 Å². The highest BCUT2D eigenvalue weighted by molar-refractivity contribution is 5.89. The first-order chi connectivity index (χ1) is 14.2. The molecular weight excluding hydrogens is 394 g/mol. The Hall–Kier alpha value is -3.63. The minimum absolute atomic E-state index is 0.0768. The van der Waals surface area contributed by atoms with E-state index in [9.17, 15) is 14.4 Å². The van der Waals surface area contributed by atoms with Gasteiger partial charge in [-0.3, -0.25) is 10.1 Å². The fourth-order valence-corrected chi connectivity index (χ4v) is 2.29. The number of methoxy groups -OCH3 is 1. The highest BCUT2D eigenvalue weighted by Gasteiger charge is 2.25. The van der Waals surface area contributed by atoms with Crippen LogP contribution in [0.1, 0.15) is 38.3 Å². The first kappa shape index (κ1) is 22.7. The van der Waals surface area contributed by atoms with Crippen LogP contribution in [0.4, 0.5) is 15.6 Å². The van der Waals surface area contributed by atoms with Crippen LogP contribution in [0.3, 0.4) is 0 Å². The van der Waals surface area contributed by atoms with Crippen LogP contribution in [0.15, 0.2) is 34.7 Å². The Bertz CT molecular complexity index is 862. The predicted octanol–water partition coefficient (Wildman–Crippen LogP) is 2.17. The predicted molar refractivity (Wildman–Crippen MR) is 106 cm³/mol. The van der Waals surface area contributed by atoms with Crippen molar-refractivity contribution in [2.24, 2.45) is 0 Å². The first-order valence-corrected chi connectivity index (χ1v) is 9.15. The molecule has 0 unspecified atom stereocenters. The molecule has 0 spiro atoms. The molecule has 0 fully saturated rings. The number of aromatic nitrogens is 2. The van der Waals surface area contributed by atoms with E-state index in [0.717, 1.165) is 5.56 Å². The van der Waals surface area contributed by atoms with Gasteiger partial charge in [-0.2, -0.15) is 0 Å². The van der Waals surface area contributed by atoms with Gasteiger partial charge >= 0.3 is 24.1 Å². The Labute approximate surface area is 173 Å². The van der Waals surface area contributed by atoms with Crippen molar-refractivity contribution >= 4 is 24.1 Å². The molecule has 11 heteroatoms. The molecule has 0 aliphatic carbocycles. The number of anilines is 1. The number of ether oxygens (including phenoxy) is 2. The Morgan fingerprint density at radius 2 is 1.83 bits per heavy atom. The number of nitrogens with zero attached hydrogens (tertiary/aromatic N) is 2. The fourth-order valence-electron chi connectivity index (χ4n) is 2.29. The van der Waals surface area contributed by atoms with E-state index in [-0.39, 0.29) is 18.5 Å². The summed E-state index contributed by atoms with van der Waals surface area (Å²) in [5, 5.41) is 14.9. The van der Waals surface area contributed by atoms with Crippen molar-refractivity contribution in [2.75, 3.05) is 19.0 Å². The van der Waals surface area contributed by atoms with Gasteiger partial charge in [-0.05, 0) is 26.3 Å². The number of amides is 3. The summed E-state index contributed by atoms with van der Waals surface area (Å²) in [6.07, 6.45) is -0.289. The van der Waals surface area contributed by atoms with E-state index >= 15 is 0 Å². The summed E-state index contributed by atoms with van der Waals surface area (Å²) in [6.45, 7) is 4.93. The van der Waals surface area contributed by atoms with Crippen molar-refractivity contribution < 1.29 is 28.3 Å². The summed E-state index contributed by atoms with van der Waals surface area (Å²) in [7, 11) is 1.21. The average molecular weight is 419 g/mol. The third kappa shape index (κ3) is 7.78. The number of carbonyl (C=O) groups is 3. The van der Waals surface area contributed by atoms with E-state index in [0.29, 0.717) is 6.42 Å². The van der Waals surface area contributed by atoms with E-state index in [1.807, 2.05) is 30.3 Å². The lowest BCUT2D eigenvalue weighted by atomic mass is 10.1. The molecule has 1 atom stereocenters. The number of alkyl carbamates (subject to hydrolysis) is 1. The number of nitrogens with one attached hydrogen (secondary N) is 3. The average Bonchev–Trinajstić information content (AvgIpc) is 3.13. The molecule has 3 amide bonds. The van der Waals surface area contributed by atoms with Gasteiger partial charge in [0.15, 0.2) is 0 Å². The van der Waals surface area contributed by atoms with Crippen LogP contribution in [-0.4, -0.2) is 47.5 Å². The van der Waals surface area contributed by atoms with Crippen molar-refractivity contribution in [2.45, 2.75) is 38.8 Å². The topological polar surface area (TPSA) is 145 Å². The number of esters is 1. The molecule has 162 valence electrons. The van der Waals surface area contributed by atoms with Crippen LogP contribution in [0, 0.1) is 0 Å². The number of hydrogen-bond donors (Lipinski definition) is 3. The van der Waals surface area contributed by atoms with Gasteiger partial charge in [0.2, 0.25) is 5.89 Å². The smallest absolute Gasteiger partial charge is 0.408 e. The van der Waals surface area contributed by atoms with Crippen LogP contribution < -0.4 is 16.0 Å². The third-order valence-electron chi connectivity index (χ3n) is 3.55. The summed E-state index contributed by atoms with van der Waals surface area (Å²) in [5.74, 6) is -0.533. The monoisotopic (exact) mass is 419 g/mol. The molecule has 0 aliphatic rings. The molecule has 3 N–H and O–H groups in total. The van der Waals surface area contributed by atoms with E-state index in [2.05, 4.69) is 30.9 Å². The number of urea groups is 1. The van der Waals surface area contributed by atoms with E-state index in [1.54, 1.807) is 20.8 Å². The van der Waals surface area contributed by atoms with E-state index in [1.165, 1.54) is 7.11 Å². The van der Waals surface area contributed by atoms with Crippen molar-refractivity contribution in [3.05, 3.63) is 41.8 Å². The normalized spacial score (nSPS) is 11.9. The summed E-state index contributed by atoms with van der Waals surface area (Å²) in [4.78, 5) is 35.1. The molecular formula is C19H25N5O6. The molecule has 1 heterocycles. The van der Waals surface area contributed by atoms with Gasteiger partial charge in [0.1, 0.15) is 18.2 Å². The summed E-state index contributed by atoms with van der Waals surface area (Å²) < 4.78 is 15.2. The first-order valence-electron chi connectivity index (χ1n) is 9.15. The summed E-state index contributed by atoms with van der Waals surface area (Å²) in [5.41, 5.74) is 0.239. The number of hydrogen-bond acceptors (Lipinski definition) is 8. The maximum atomic E-state index is 12.2.